The molecule has 0 aliphatic heterocycles. The zero-order chi connectivity index (χ0) is 10.1. The Morgan fingerprint density at radius 1 is 1.36 bits per heavy atom. The van der Waals surface area contributed by atoms with E-state index < -0.39 is 0 Å². The molecular formula is C10H14N4. The number of imidazole rings is 1. The van der Waals surface area contributed by atoms with E-state index in [1.54, 1.807) is 6.20 Å². The zero-order valence-electron chi connectivity index (χ0n) is 8.73. The molecule has 2 heterocycles. The fourth-order valence-electron chi connectivity index (χ4n) is 1.58. The molecule has 4 heteroatoms. The first kappa shape index (κ1) is 8.99. The van der Waals surface area contributed by atoms with Crippen LogP contribution < -0.4 is 0 Å². The summed E-state index contributed by atoms with van der Waals surface area (Å²) >= 11 is 0. The van der Waals surface area contributed by atoms with Crippen LogP contribution >= 0.6 is 0 Å². The van der Waals surface area contributed by atoms with Gasteiger partial charge in [0, 0.05) is 24.6 Å². The van der Waals surface area contributed by atoms with E-state index in [0.29, 0.717) is 0 Å². The Hall–Kier alpha value is -1.58. The minimum Gasteiger partial charge on any atom is -0.316 e. The van der Waals surface area contributed by atoms with Gasteiger partial charge in [-0.05, 0) is 26.8 Å². The highest BCUT2D eigenvalue weighted by Gasteiger charge is 2.07. The molecule has 74 valence electrons. The molecule has 0 saturated carbocycles. The standard InChI is InChI=1S/C10H14N4/c1-4-13-6-5-11-10(13)14-9(3)7-8(2)12-14/h5-7H,4H2,1-3H3. The lowest BCUT2D eigenvalue weighted by atomic mass is 10.4. The van der Waals surface area contributed by atoms with Crippen LogP contribution in [0.4, 0.5) is 0 Å². The number of rotatable bonds is 2. The van der Waals surface area contributed by atoms with Crippen molar-refractivity contribution in [3.05, 3.63) is 29.8 Å². The second-order valence-electron chi connectivity index (χ2n) is 3.35. The molecule has 0 aliphatic carbocycles. The topological polar surface area (TPSA) is 35.6 Å². The van der Waals surface area contributed by atoms with Gasteiger partial charge in [-0.2, -0.15) is 5.10 Å². The molecule has 0 bridgehead atoms. The molecule has 2 aromatic heterocycles. The van der Waals surface area contributed by atoms with Gasteiger partial charge in [-0.1, -0.05) is 0 Å². The van der Waals surface area contributed by atoms with Crippen molar-refractivity contribution in [2.24, 2.45) is 0 Å². The molecule has 2 rings (SSSR count). The molecule has 2 aromatic rings. The van der Waals surface area contributed by atoms with Gasteiger partial charge in [0.25, 0.3) is 0 Å². The van der Waals surface area contributed by atoms with Crippen molar-refractivity contribution in [3.8, 4) is 5.95 Å². The summed E-state index contributed by atoms with van der Waals surface area (Å²) in [5.74, 6) is 0.887. The van der Waals surface area contributed by atoms with Crippen molar-refractivity contribution < 1.29 is 0 Å². The van der Waals surface area contributed by atoms with E-state index in [1.165, 1.54) is 0 Å². The van der Waals surface area contributed by atoms with E-state index >= 15 is 0 Å². The van der Waals surface area contributed by atoms with E-state index in [4.69, 9.17) is 0 Å². The minimum absolute atomic E-state index is 0.887. The lowest BCUT2D eigenvalue weighted by Gasteiger charge is -2.05. The molecule has 14 heavy (non-hydrogen) atoms. The summed E-state index contributed by atoms with van der Waals surface area (Å²) in [6.45, 7) is 7.03. The predicted molar refractivity (Wildman–Crippen MR) is 54.5 cm³/mol. The highest BCUT2D eigenvalue weighted by atomic mass is 15.4. The Bertz CT molecular complexity index is 439. The van der Waals surface area contributed by atoms with Gasteiger partial charge in [0.1, 0.15) is 0 Å². The van der Waals surface area contributed by atoms with Gasteiger partial charge < -0.3 is 4.57 Å². The highest BCUT2D eigenvalue weighted by molar-refractivity contribution is 5.19. The largest absolute Gasteiger partial charge is 0.316 e. The van der Waals surface area contributed by atoms with Gasteiger partial charge in [-0.3, -0.25) is 0 Å². The third-order valence-corrected chi connectivity index (χ3v) is 2.23. The van der Waals surface area contributed by atoms with Gasteiger partial charge in [0.2, 0.25) is 5.95 Å². The van der Waals surface area contributed by atoms with Crippen molar-refractivity contribution in [3.63, 3.8) is 0 Å². The summed E-state index contributed by atoms with van der Waals surface area (Å²) < 4.78 is 3.94. The van der Waals surface area contributed by atoms with Crippen LogP contribution in [0.25, 0.3) is 5.95 Å². The Balaban J connectivity index is 2.53. The Kier molecular flexibility index (Phi) is 2.11. The minimum atomic E-state index is 0.887. The van der Waals surface area contributed by atoms with E-state index in [0.717, 1.165) is 23.9 Å². The van der Waals surface area contributed by atoms with Gasteiger partial charge in [-0.25, -0.2) is 9.67 Å². The summed E-state index contributed by atoms with van der Waals surface area (Å²) in [5, 5.41) is 4.39. The maximum Gasteiger partial charge on any atom is 0.230 e. The summed E-state index contributed by atoms with van der Waals surface area (Å²) in [5.41, 5.74) is 2.14. The number of aryl methyl sites for hydroxylation is 3. The molecule has 0 saturated heterocycles. The fourth-order valence-corrected chi connectivity index (χ4v) is 1.58. The van der Waals surface area contributed by atoms with E-state index in [-0.39, 0.29) is 0 Å². The maximum absolute atomic E-state index is 4.39. The monoisotopic (exact) mass is 190 g/mol. The van der Waals surface area contributed by atoms with Crippen LogP contribution in [0.1, 0.15) is 18.3 Å². The van der Waals surface area contributed by atoms with Crippen LogP contribution in [0.3, 0.4) is 0 Å². The quantitative estimate of drug-likeness (QED) is 0.722. The summed E-state index contributed by atoms with van der Waals surface area (Å²) in [4.78, 5) is 4.29. The molecule has 0 spiro atoms. The van der Waals surface area contributed by atoms with Crippen molar-refractivity contribution in [1.29, 1.82) is 0 Å². The molecule has 0 aromatic carbocycles. The highest BCUT2D eigenvalue weighted by Crippen LogP contribution is 2.09. The third kappa shape index (κ3) is 1.32. The number of hydrogen-bond acceptors (Lipinski definition) is 2. The first-order valence-electron chi connectivity index (χ1n) is 4.77. The molecule has 0 amide bonds. The molecular weight excluding hydrogens is 176 g/mol. The second kappa shape index (κ2) is 3.29. The molecule has 0 aliphatic rings. The normalized spacial score (nSPS) is 10.8. The van der Waals surface area contributed by atoms with Crippen LogP contribution in [-0.4, -0.2) is 19.3 Å². The van der Waals surface area contributed by atoms with Crippen LogP contribution in [0.15, 0.2) is 18.5 Å². The second-order valence-corrected chi connectivity index (χ2v) is 3.35. The lowest BCUT2D eigenvalue weighted by Crippen LogP contribution is -2.08. The molecule has 0 unspecified atom stereocenters. The van der Waals surface area contributed by atoms with Gasteiger partial charge in [0.05, 0.1) is 5.69 Å². The van der Waals surface area contributed by atoms with E-state index in [2.05, 4.69) is 27.6 Å². The van der Waals surface area contributed by atoms with Crippen LogP contribution in [-0.2, 0) is 6.54 Å². The molecule has 0 N–H and O–H groups in total. The van der Waals surface area contributed by atoms with E-state index in [1.807, 2.05) is 24.7 Å². The number of nitrogens with zero attached hydrogens (tertiary/aromatic N) is 4. The lowest BCUT2D eigenvalue weighted by molar-refractivity contribution is 0.673. The first-order chi connectivity index (χ1) is 6.72. The van der Waals surface area contributed by atoms with Gasteiger partial charge in [0.15, 0.2) is 0 Å². The average molecular weight is 190 g/mol. The Morgan fingerprint density at radius 3 is 2.71 bits per heavy atom. The maximum atomic E-state index is 4.39. The van der Waals surface area contributed by atoms with E-state index in [9.17, 15) is 0 Å². The molecule has 0 fully saturated rings. The summed E-state index contributed by atoms with van der Waals surface area (Å²) in [6, 6.07) is 2.05. The Labute approximate surface area is 83.2 Å². The van der Waals surface area contributed by atoms with Crippen molar-refractivity contribution in [2.75, 3.05) is 0 Å². The Morgan fingerprint density at radius 2 is 2.14 bits per heavy atom. The average Bonchev–Trinajstić information content (AvgIpc) is 2.71. The fraction of sp³-hybridized carbons (Fsp3) is 0.400. The molecule has 4 nitrogen and oxygen atoms in total. The zero-order valence-corrected chi connectivity index (χ0v) is 8.73. The number of hydrogen-bond donors (Lipinski definition) is 0. The molecule has 0 radical (unpaired) electrons. The van der Waals surface area contributed by atoms with Gasteiger partial charge >= 0.3 is 0 Å². The van der Waals surface area contributed by atoms with Crippen molar-refractivity contribution in [1.82, 2.24) is 19.3 Å². The predicted octanol–water partition coefficient (Wildman–Crippen LogP) is 1.71. The number of aromatic nitrogens is 4. The van der Waals surface area contributed by atoms with Crippen LogP contribution in [0, 0.1) is 13.8 Å². The first-order valence-corrected chi connectivity index (χ1v) is 4.77. The summed E-state index contributed by atoms with van der Waals surface area (Å²) in [6.07, 6.45) is 3.76. The third-order valence-electron chi connectivity index (χ3n) is 2.23. The SMILES string of the molecule is CCn1ccnc1-n1nc(C)cc1C. The van der Waals surface area contributed by atoms with Gasteiger partial charge in [-0.15, -0.1) is 0 Å². The molecule has 0 atom stereocenters. The smallest absolute Gasteiger partial charge is 0.230 e. The van der Waals surface area contributed by atoms with Crippen molar-refractivity contribution in [2.45, 2.75) is 27.3 Å². The van der Waals surface area contributed by atoms with Crippen LogP contribution in [0.5, 0.6) is 0 Å². The van der Waals surface area contributed by atoms with Crippen molar-refractivity contribution >= 4 is 0 Å². The summed E-state index contributed by atoms with van der Waals surface area (Å²) in [7, 11) is 0. The van der Waals surface area contributed by atoms with Crippen LogP contribution in [0.2, 0.25) is 0 Å².